The molecular formula is C15H14Br2O2. The third-order valence-corrected chi connectivity index (χ3v) is 3.83. The highest BCUT2D eigenvalue weighted by Gasteiger charge is 2.02. The molecule has 2 aromatic carbocycles. The Hall–Kier alpha value is -0.840. The van der Waals surface area contributed by atoms with E-state index in [-0.39, 0.29) is 6.79 Å². The zero-order valence-corrected chi connectivity index (χ0v) is 13.5. The summed E-state index contributed by atoms with van der Waals surface area (Å²) >= 11 is 6.90. The zero-order valence-electron chi connectivity index (χ0n) is 10.3. The highest BCUT2D eigenvalue weighted by Crippen LogP contribution is 2.26. The lowest BCUT2D eigenvalue weighted by molar-refractivity contribution is 0.00463. The second-order valence-electron chi connectivity index (χ2n) is 3.99. The van der Waals surface area contributed by atoms with Gasteiger partial charge in [0.1, 0.15) is 5.75 Å². The Morgan fingerprint density at radius 2 is 1.74 bits per heavy atom. The summed E-state index contributed by atoms with van der Waals surface area (Å²) < 4.78 is 12.0. The predicted octanol–water partition coefficient (Wildman–Crippen LogP) is 4.90. The lowest BCUT2D eigenvalue weighted by Gasteiger charge is -2.09. The van der Waals surface area contributed by atoms with Crippen molar-refractivity contribution in [3.8, 4) is 5.75 Å². The Morgan fingerprint density at radius 1 is 0.947 bits per heavy atom. The number of rotatable bonds is 6. The van der Waals surface area contributed by atoms with Gasteiger partial charge in [-0.2, -0.15) is 0 Å². The third kappa shape index (κ3) is 4.64. The lowest BCUT2D eigenvalue weighted by Crippen LogP contribution is -2.03. The number of ether oxygens (including phenoxy) is 2. The standard InChI is InChI=1S/C15H14Br2O2/c16-9-13-6-7-15(14(17)8-13)19-11-18-10-12-4-2-1-3-5-12/h1-8H,9-11H2. The Bertz CT molecular complexity index is 515. The maximum atomic E-state index is 5.57. The Labute approximate surface area is 130 Å². The van der Waals surface area contributed by atoms with Crippen LogP contribution < -0.4 is 4.74 Å². The van der Waals surface area contributed by atoms with Gasteiger partial charge in [-0.15, -0.1) is 0 Å². The third-order valence-electron chi connectivity index (χ3n) is 2.56. The van der Waals surface area contributed by atoms with Crippen molar-refractivity contribution in [3.63, 3.8) is 0 Å². The molecule has 0 aromatic heterocycles. The molecular weight excluding hydrogens is 372 g/mol. The molecule has 19 heavy (non-hydrogen) atoms. The predicted molar refractivity (Wildman–Crippen MR) is 83.5 cm³/mol. The van der Waals surface area contributed by atoms with E-state index in [1.165, 1.54) is 5.56 Å². The molecule has 2 nitrogen and oxygen atoms in total. The van der Waals surface area contributed by atoms with Crippen molar-refractivity contribution < 1.29 is 9.47 Å². The first-order valence-electron chi connectivity index (χ1n) is 5.88. The van der Waals surface area contributed by atoms with Gasteiger partial charge in [0.15, 0.2) is 6.79 Å². The van der Waals surface area contributed by atoms with Gasteiger partial charge in [0.2, 0.25) is 0 Å². The Balaban J connectivity index is 1.80. The molecule has 0 aliphatic heterocycles. The molecule has 0 fully saturated rings. The molecule has 0 heterocycles. The summed E-state index contributed by atoms with van der Waals surface area (Å²) in [5.41, 5.74) is 2.34. The fraction of sp³-hybridized carbons (Fsp3) is 0.200. The first-order chi connectivity index (χ1) is 9.29. The van der Waals surface area contributed by atoms with Gasteiger partial charge >= 0.3 is 0 Å². The monoisotopic (exact) mass is 384 g/mol. The smallest absolute Gasteiger partial charge is 0.189 e. The highest BCUT2D eigenvalue weighted by molar-refractivity contribution is 9.10. The number of halogens is 2. The molecule has 0 saturated heterocycles. The van der Waals surface area contributed by atoms with Crippen molar-refractivity contribution in [3.05, 3.63) is 64.1 Å². The lowest BCUT2D eigenvalue weighted by atomic mass is 10.2. The second-order valence-corrected chi connectivity index (χ2v) is 5.41. The van der Waals surface area contributed by atoms with Crippen LogP contribution in [-0.2, 0) is 16.7 Å². The van der Waals surface area contributed by atoms with Gasteiger partial charge in [-0.1, -0.05) is 52.3 Å². The van der Waals surface area contributed by atoms with Crippen LogP contribution in [0.5, 0.6) is 5.75 Å². The number of hydrogen-bond donors (Lipinski definition) is 0. The van der Waals surface area contributed by atoms with Gasteiger partial charge in [-0.3, -0.25) is 0 Å². The minimum atomic E-state index is 0.237. The molecule has 0 unspecified atom stereocenters. The molecule has 0 amide bonds. The molecule has 2 aromatic rings. The summed E-state index contributed by atoms with van der Waals surface area (Å²) in [5.74, 6) is 0.790. The van der Waals surface area contributed by atoms with Gasteiger partial charge in [0, 0.05) is 5.33 Å². The van der Waals surface area contributed by atoms with E-state index in [0.717, 1.165) is 21.1 Å². The molecule has 100 valence electrons. The van der Waals surface area contributed by atoms with Gasteiger partial charge in [-0.05, 0) is 39.2 Å². The van der Waals surface area contributed by atoms with E-state index in [9.17, 15) is 0 Å². The number of hydrogen-bond acceptors (Lipinski definition) is 2. The van der Waals surface area contributed by atoms with E-state index in [2.05, 4.69) is 31.9 Å². The SMILES string of the molecule is BrCc1ccc(OCOCc2ccccc2)c(Br)c1. The maximum Gasteiger partial charge on any atom is 0.189 e. The molecule has 4 heteroatoms. The van der Waals surface area contributed by atoms with Gasteiger partial charge < -0.3 is 9.47 Å². The fourth-order valence-corrected chi connectivity index (χ4v) is 2.47. The summed E-state index contributed by atoms with van der Waals surface area (Å²) in [4.78, 5) is 0. The van der Waals surface area contributed by atoms with Crippen LogP contribution in [-0.4, -0.2) is 6.79 Å². The van der Waals surface area contributed by atoms with Gasteiger partial charge in [0.05, 0.1) is 11.1 Å². The molecule has 0 atom stereocenters. The van der Waals surface area contributed by atoms with Crippen LogP contribution in [0.4, 0.5) is 0 Å². The largest absolute Gasteiger partial charge is 0.466 e. The molecule has 0 spiro atoms. The van der Waals surface area contributed by atoms with Crippen LogP contribution >= 0.6 is 31.9 Å². The van der Waals surface area contributed by atoms with Crippen molar-refractivity contribution in [2.45, 2.75) is 11.9 Å². The quantitative estimate of drug-likeness (QED) is 0.400. The average molecular weight is 386 g/mol. The van der Waals surface area contributed by atoms with Crippen molar-refractivity contribution in [2.75, 3.05) is 6.79 Å². The second kappa shape index (κ2) is 7.68. The number of alkyl halides is 1. The number of benzene rings is 2. The summed E-state index contributed by atoms with van der Waals surface area (Å²) in [7, 11) is 0. The van der Waals surface area contributed by atoms with E-state index in [4.69, 9.17) is 9.47 Å². The molecule has 0 saturated carbocycles. The minimum absolute atomic E-state index is 0.237. The van der Waals surface area contributed by atoms with E-state index in [1.54, 1.807) is 0 Å². The molecule has 0 radical (unpaired) electrons. The van der Waals surface area contributed by atoms with Crippen molar-refractivity contribution in [1.29, 1.82) is 0 Å². The van der Waals surface area contributed by atoms with E-state index in [1.807, 2.05) is 48.5 Å². The highest BCUT2D eigenvalue weighted by atomic mass is 79.9. The molecule has 2 rings (SSSR count). The van der Waals surface area contributed by atoms with Crippen LogP contribution in [0.15, 0.2) is 53.0 Å². The van der Waals surface area contributed by atoms with E-state index in [0.29, 0.717) is 6.61 Å². The normalized spacial score (nSPS) is 10.4. The van der Waals surface area contributed by atoms with Crippen LogP contribution in [0.25, 0.3) is 0 Å². The van der Waals surface area contributed by atoms with Crippen molar-refractivity contribution >= 4 is 31.9 Å². The van der Waals surface area contributed by atoms with Crippen LogP contribution in [0.2, 0.25) is 0 Å². The molecule has 0 aliphatic carbocycles. The molecule has 0 bridgehead atoms. The van der Waals surface area contributed by atoms with Crippen LogP contribution in [0.1, 0.15) is 11.1 Å². The molecule has 0 aliphatic rings. The summed E-state index contributed by atoms with van der Waals surface area (Å²) in [6.45, 7) is 0.791. The fourth-order valence-electron chi connectivity index (χ4n) is 1.58. The first kappa shape index (κ1) is 14.6. The Morgan fingerprint density at radius 3 is 2.42 bits per heavy atom. The first-order valence-corrected chi connectivity index (χ1v) is 7.80. The zero-order chi connectivity index (χ0) is 13.5. The van der Waals surface area contributed by atoms with Crippen molar-refractivity contribution in [2.24, 2.45) is 0 Å². The summed E-state index contributed by atoms with van der Waals surface area (Å²) in [5, 5.41) is 0.830. The minimum Gasteiger partial charge on any atom is -0.466 e. The van der Waals surface area contributed by atoms with E-state index >= 15 is 0 Å². The summed E-state index contributed by atoms with van der Waals surface area (Å²) in [6.07, 6.45) is 0. The Kier molecular flexibility index (Phi) is 5.89. The van der Waals surface area contributed by atoms with Crippen molar-refractivity contribution in [1.82, 2.24) is 0 Å². The van der Waals surface area contributed by atoms with Gasteiger partial charge in [0.25, 0.3) is 0 Å². The van der Waals surface area contributed by atoms with Crippen LogP contribution in [0, 0.1) is 0 Å². The summed E-state index contributed by atoms with van der Waals surface area (Å²) in [6, 6.07) is 16.0. The van der Waals surface area contributed by atoms with E-state index < -0.39 is 0 Å². The average Bonchev–Trinajstić information content (AvgIpc) is 2.46. The van der Waals surface area contributed by atoms with Crippen LogP contribution in [0.3, 0.4) is 0 Å². The maximum absolute atomic E-state index is 5.57. The molecule has 0 N–H and O–H groups in total. The van der Waals surface area contributed by atoms with Gasteiger partial charge in [-0.25, -0.2) is 0 Å². The topological polar surface area (TPSA) is 18.5 Å².